The van der Waals surface area contributed by atoms with Crippen molar-refractivity contribution in [2.24, 2.45) is 16.6 Å². The number of rotatable bonds is 5. The maximum absolute atomic E-state index is 5.86. The molecule has 0 atom stereocenters. The Kier molecular flexibility index (Phi) is 7.12. The Morgan fingerprint density at radius 2 is 2.20 bits per heavy atom. The molecule has 0 bridgehead atoms. The Morgan fingerprint density at radius 1 is 1.45 bits per heavy atom. The number of hydrogen-bond acceptors (Lipinski definition) is 2. The van der Waals surface area contributed by atoms with Gasteiger partial charge in [-0.05, 0) is 42.9 Å². The third-order valence-electron chi connectivity index (χ3n) is 3.69. The molecule has 0 aliphatic heterocycles. The molecule has 1 aromatic carbocycles. The molecule has 0 spiro atoms. The predicted octanol–water partition coefficient (Wildman–Crippen LogP) is 2.83. The van der Waals surface area contributed by atoms with E-state index in [1.807, 2.05) is 19.1 Å². The summed E-state index contributed by atoms with van der Waals surface area (Å²) < 4.78 is 5.24. The predicted molar refractivity (Wildman–Crippen MR) is 93.8 cm³/mol. The van der Waals surface area contributed by atoms with E-state index in [-0.39, 0.29) is 24.0 Å². The van der Waals surface area contributed by atoms with Crippen LogP contribution in [0.5, 0.6) is 5.75 Å². The molecule has 0 aromatic heterocycles. The number of nitrogens with zero attached hydrogens (tertiary/aromatic N) is 1. The summed E-state index contributed by atoms with van der Waals surface area (Å²) >= 11 is 0. The van der Waals surface area contributed by atoms with E-state index in [1.165, 1.54) is 19.3 Å². The van der Waals surface area contributed by atoms with E-state index in [1.54, 1.807) is 7.11 Å². The van der Waals surface area contributed by atoms with Crippen molar-refractivity contribution in [2.75, 3.05) is 13.7 Å². The summed E-state index contributed by atoms with van der Waals surface area (Å²) in [6.07, 6.45) is 3.99. The molecule has 1 aliphatic carbocycles. The molecule has 20 heavy (non-hydrogen) atoms. The third-order valence-corrected chi connectivity index (χ3v) is 3.69. The fourth-order valence-corrected chi connectivity index (χ4v) is 2.22. The standard InChI is InChI=1S/C15H23N3O.HI/c1-11-8-13(6-7-14(11)19-2)10-18-15(16)17-9-12-4-3-5-12;/h6-8,12H,3-5,9-10H2,1-2H3,(H3,16,17,18);1H. The topological polar surface area (TPSA) is 59.6 Å². The second-order valence-corrected chi connectivity index (χ2v) is 5.18. The summed E-state index contributed by atoms with van der Waals surface area (Å²) in [6.45, 7) is 3.59. The van der Waals surface area contributed by atoms with Crippen molar-refractivity contribution in [1.29, 1.82) is 0 Å². The van der Waals surface area contributed by atoms with E-state index in [0.717, 1.165) is 29.3 Å². The quantitative estimate of drug-likeness (QED) is 0.463. The molecule has 1 saturated carbocycles. The van der Waals surface area contributed by atoms with Crippen molar-refractivity contribution in [3.63, 3.8) is 0 Å². The fourth-order valence-electron chi connectivity index (χ4n) is 2.22. The van der Waals surface area contributed by atoms with Gasteiger partial charge in [-0.15, -0.1) is 24.0 Å². The van der Waals surface area contributed by atoms with E-state index < -0.39 is 0 Å². The number of aliphatic imine (C=N–C) groups is 1. The Labute approximate surface area is 138 Å². The Morgan fingerprint density at radius 3 is 2.75 bits per heavy atom. The average Bonchev–Trinajstić information content (AvgIpc) is 2.34. The Balaban J connectivity index is 0.00000200. The van der Waals surface area contributed by atoms with Crippen LogP contribution >= 0.6 is 24.0 Å². The number of nitrogens with one attached hydrogen (secondary N) is 1. The number of guanidine groups is 1. The first-order valence-corrected chi connectivity index (χ1v) is 6.86. The number of nitrogens with two attached hydrogens (primary N) is 1. The van der Waals surface area contributed by atoms with Gasteiger partial charge in [-0.1, -0.05) is 18.6 Å². The van der Waals surface area contributed by atoms with Crippen molar-refractivity contribution in [3.8, 4) is 5.75 Å². The minimum Gasteiger partial charge on any atom is -0.496 e. The van der Waals surface area contributed by atoms with Crippen molar-refractivity contribution >= 4 is 29.9 Å². The van der Waals surface area contributed by atoms with Crippen molar-refractivity contribution in [1.82, 2.24) is 5.32 Å². The molecule has 0 amide bonds. The molecule has 112 valence electrons. The highest BCUT2D eigenvalue weighted by molar-refractivity contribution is 14.0. The number of halogens is 1. The van der Waals surface area contributed by atoms with E-state index in [4.69, 9.17) is 10.5 Å². The SMILES string of the molecule is COc1ccc(CN=C(N)NCC2CCC2)cc1C.I. The first-order valence-electron chi connectivity index (χ1n) is 6.86. The van der Waals surface area contributed by atoms with Gasteiger partial charge in [-0.2, -0.15) is 0 Å². The van der Waals surface area contributed by atoms with E-state index in [9.17, 15) is 0 Å². The highest BCUT2D eigenvalue weighted by Gasteiger charge is 2.16. The number of ether oxygens (including phenoxy) is 1. The lowest BCUT2D eigenvalue weighted by atomic mass is 9.85. The number of aryl methyl sites for hydroxylation is 1. The smallest absolute Gasteiger partial charge is 0.188 e. The van der Waals surface area contributed by atoms with Gasteiger partial charge >= 0.3 is 0 Å². The molecule has 1 aliphatic rings. The van der Waals surface area contributed by atoms with Gasteiger partial charge in [0.2, 0.25) is 0 Å². The summed E-state index contributed by atoms with van der Waals surface area (Å²) in [4.78, 5) is 4.36. The van der Waals surface area contributed by atoms with Gasteiger partial charge in [0.1, 0.15) is 5.75 Å². The molecule has 5 heteroatoms. The van der Waals surface area contributed by atoms with Crippen LogP contribution in [0.3, 0.4) is 0 Å². The van der Waals surface area contributed by atoms with Crippen LogP contribution < -0.4 is 15.8 Å². The zero-order chi connectivity index (χ0) is 13.7. The second-order valence-electron chi connectivity index (χ2n) is 5.18. The lowest BCUT2D eigenvalue weighted by Gasteiger charge is -2.25. The zero-order valence-electron chi connectivity index (χ0n) is 12.2. The Bertz CT molecular complexity index is 458. The molecule has 0 heterocycles. The summed E-state index contributed by atoms with van der Waals surface area (Å²) in [7, 11) is 1.68. The van der Waals surface area contributed by atoms with Gasteiger partial charge in [-0.3, -0.25) is 0 Å². The van der Waals surface area contributed by atoms with E-state index >= 15 is 0 Å². The van der Waals surface area contributed by atoms with Gasteiger partial charge in [0.15, 0.2) is 5.96 Å². The highest BCUT2D eigenvalue weighted by Crippen LogP contribution is 2.25. The van der Waals surface area contributed by atoms with Crippen LogP contribution in [-0.4, -0.2) is 19.6 Å². The molecule has 4 nitrogen and oxygen atoms in total. The molecular weight excluding hydrogens is 365 g/mol. The summed E-state index contributed by atoms with van der Waals surface area (Å²) in [6, 6.07) is 6.08. The average molecular weight is 389 g/mol. The highest BCUT2D eigenvalue weighted by atomic mass is 127. The maximum Gasteiger partial charge on any atom is 0.188 e. The van der Waals surface area contributed by atoms with Gasteiger partial charge < -0.3 is 15.8 Å². The van der Waals surface area contributed by atoms with Crippen molar-refractivity contribution < 1.29 is 4.74 Å². The summed E-state index contributed by atoms with van der Waals surface area (Å²) in [5, 5.41) is 3.20. The van der Waals surface area contributed by atoms with Crippen LogP contribution in [0.2, 0.25) is 0 Å². The minimum atomic E-state index is 0. The first kappa shape index (κ1) is 17.1. The van der Waals surface area contributed by atoms with E-state index in [0.29, 0.717) is 12.5 Å². The van der Waals surface area contributed by atoms with Gasteiger partial charge in [-0.25, -0.2) is 4.99 Å². The molecule has 0 radical (unpaired) electrons. The number of hydrogen-bond donors (Lipinski definition) is 2. The summed E-state index contributed by atoms with van der Waals surface area (Å²) in [5.74, 6) is 2.24. The molecule has 0 unspecified atom stereocenters. The van der Waals surface area contributed by atoms with E-state index in [2.05, 4.69) is 16.4 Å². The van der Waals surface area contributed by atoms with Gasteiger partial charge in [0.25, 0.3) is 0 Å². The van der Waals surface area contributed by atoms with Crippen molar-refractivity contribution in [2.45, 2.75) is 32.7 Å². The lowest BCUT2D eigenvalue weighted by molar-refractivity contribution is 0.315. The largest absolute Gasteiger partial charge is 0.496 e. The number of methoxy groups -OCH3 is 1. The third kappa shape index (κ3) is 4.85. The molecule has 2 rings (SSSR count). The van der Waals surface area contributed by atoms with Gasteiger partial charge in [0, 0.05) is 6.54 Å². The van der Waals surface area contributed by atoms with Crippen LogP contribution in [0.1, 0.15) is 30.4 Å². The normalized spacial score (nSPS) is 15.2. The first-order chi connectivity index (χ1) is 9.19. The molecule has 1 fully saturated rings. The van der Waals surface area contributed by atoms with Crippen LogP contribution in [0, 0.1) is 12.8 Å². The molecule has 0 saturated heterocycles. The monoisotopic (exact) mass is 389 g/mol. The summed E-state index contributed by atoms with van der Waals surface area (Å²) in [5.41, 5.74) is 8.12. The lowest BCUT2D eigenvalue weighted by Crippen LogP contribution is -2.37. The van der Waals surface area contributed by atoms with Gasteiger partial charge in [0.05, 0.1) is 13.7 Å². The number of benzene rings is 1. The van der Waals surface area contributed by atoms with Crippen LogP contribution in [0.4, 0.5) is 0 Å². The fraction of sp³-hybridized carbons (Fsp3) is 0.533. The zero-order valence-corrected chi connectivity index (χ0v) is 14.5. The van der Waals surface area contributed by atoms with Crippen LogP contribution in [0.15, 0.2) is 23.2 Å². The maximum atomic E-state index is 5.86. The molecule has 1 aromatic rings. The minimum absolute atomic E-state index is 0. The Hall–Kier alpha value is -0.980. The van der Waals surface area contributed by atoms with Crippen LogP contribution in [0.25, 0.3) is 0 Å². The van der Waals surface area contributed by atoms with Crippen molar-refractivity contribution in [3.05, 3.63) is 29.3 Å². The molecular formula is C15H24IN3O. The second kappa shape index (κ2) is 8.34. The van der Waals surface area contributed by atoms with Crippen LogP contribution in [-0.2, 0) is 6.54 Å². The molecule has 3 N–H and O–H groups in total.